The van der Waals surface area contributed by atoms with Crippen LogP contribution in [0.15, 0.2) is 78.9 Å². The van der Waals surface area contributed by atoms with Crippen molar-refractivity contribution >= 4 is 92.6 Å². The molecule has 0 radical (unpaired) electrons. The van der Waals surface area contributed by atoms with Crippen LogP contribution in [0.1, 0.15) is 6.92 Å². The minimum Gasteiger partial charge on any atom is -0.494 e. The van der Waals surface area contributed by atoms with Crippen molar-refractivity contribution in [1.82, 2.24) is 0 Å². The number of primary amides is 1. The van der Waals surface area contributed by atoms with Crippen LogP contribution in [0.2, 0.25) is 25.1 Å². The summed E-state index contributed by atoms with van der Waals surface area (Å²) in [6.07, 6.45) is 0. The molecule has 0 saturated carbocycles. The highest BCUT2D eigenvalue weighted by atomic mass is 35.5. The predicted molar refractivity (Wildman–Crippen MR) is 231 cm³/mol. The van der Waals surface area contributed by atoms with Crippen LogP contribution in [0.25, 0.3) is 0 Å². The minimum absolute atomic E-state index is 0.126. The Hall–Kier alpha value is -5.58. The second-order valence-corrected chi connectivity index (χ2v) is 13.2. The van der Waals surface area contributed by atoms with E-state index >= 15 is 0 Å². The summed E-state index contributed by atoms with van der Waals surface area (Å²) in [6.45, 7) is 1.52. The van der Waals surface area contributed by atoms with Gasteiger partial charge in [-0.15, -0.1) is 0 Å². The maximum atomic E-state index is 12.9. The Balaban J connectivity index is 0.000000273. The number of carbonyl (C=O) groups excluding carboxylic acids is 2. The summed E-state index contributed by atoms with van der Waals surface area (Å²) in [6, 6.07) is 21.0. The smallest absolute Gasteiger partial charge is 0.344 e. The molecule has 0 fully saturated rings. The molecule has 5 aromatic rings. The van der Waals surface area contributed by atoms with Gasteiger partial charge in [0, 0.05) is 29.6 Å². The zero-order valence-corrected chi connectivity index (χ0v) is 35.7. The van der Waals surface area contributed by atoms with Crippen LogP contribution in [0.3, 0.4) is 0 Å². The number of carbonyl (C=O) groups is 2. The number of hydrogen-bond acceptors (Lipinski definition) is 13. The van der Waals surface area contributed by atoms with Crippen molar-refractivity contribution in [3.8, 4) is 40.2 Å². The lowest BCUT2D eigenvalue weighted by molar-refractivity contribution is -0.145. The van der Waals surface area contributed by atoms with Crippen LogP contribution in [0, 0.1) is 5.82 Å². The number of benzene rings is 5. The van der Waals surface area contributed by atoms with Crippen molar-refractivity contribution in [2.24, 2.45) is 5.73 Å². The Kier molecular flexibility index (Phi) is 21.0. The number of esters is 1. The highest BCUT2D eigenvalue weighted by Crippen LogP contribution is 2.38. The standard InChI is InChI=1S/C12H9Cl2NO.C10H11Cl2NO3.C9H11ClN2O3.C8H10FNO2/c13-10-6-8(15)7-11(14)12(10)16-9-4-2-1-3-5-9;1-2-15-9(14)5-16-10-7(11)3-6(13)4-8(10)12;1-14-8-3-7(15-4-9(12)13)5(10)2-6(8)11;1-11-7-4-8(12-2)6(10)3-5(7)9/h1-7H,15H2;3-4H,2,5,13H2,1H3;2-3H,4,11H2,1H3,(H2,12,13);3-4H,10H2,1-2H3. The van der Waals surface area contributed by atoms with Crippen LogP contribution in [-0.4, -0.2) is 53.0 Å². The summed E-state index contributed by atoms with van der Waals surface area (Å²) in [5.74, 6) is 1.05. The molecule has 14 nitrogen and oxygen atoms in total. The number of rotatable bonds is 12. The van der Waals surface area contributed by atoms with Crippen LogP contribution in [0.4, 0.5) is 27.1 Å². The van der Waals surface area contributed by atoms with E-state index in [4.69, 9.17) is 120 Å². The van der Waals surface area contributed by atoms with Gasteiger partial charge in [0.15, 0.2) is 36.3 Å². The summed E-state index contributed by atoms with van der Waals surface area (Å²) in [5.41, 5.74) is 28.7. The Morgan fingerprint density at radius 1 is 0.593 bits per heavy atom. The number of nitrogen functional groups attached to an aromatic ring is 4. The summed E-state index contributed by atoms with van der Waals surface area (Å²) >= 11 is 29.5. The predicted octanol–water partition coefficient (Wildman–Crippen LogP) is 9.11. The molecule has 0 bridgehead atoms. The SMILES string of the molecule is CCOC(=O)COc1c(Cl)cc(N)cc1Cl.COc1cc(OC)c(F)cc1N.COc1cc(OCC(N)=O)c(Cl)cc1N.Nc1cc(Cl)c(Oc2ccccc2)c(Cl)c1. The monoisotopic (exact) mass is 917 g/mol. The minimum atomic E-state index is -0.582. The first-order valence-electron chi connectivity index (χ1n) is 16.7. The van der Waals surface area contributed by atoms with Gasteiger partial charge in [0.2, 0.25) is 0 Å². The van der Waals surface area contributed by atoms with E-state index in [1.165, 1.54) is 51.7 Å². The van der Waals surface area contributed by atoms with E-state index in [-0.39, 0.29) is 40.4 Å². The molecule has 5 rings (SSSR count). The van der Waals surface area contributed by atoms with Crippen LogP contribution in [0.5, 0.6) is 40.2 Å². The fourth-order valence-electron chi connectivity index (χ4n) is 4.20. The zero-order valence-electron chi connectivity index (χ0n) is 32.0. The van der Waals surface area contributed by atoms with E-state index in [0.717, 1.165) is 6.07 Å². The molecular weight excluding hydrogens is 879 g/mol. The number of anilines is 4. The first-order chi connectivity index (χ1) is 27.9. The van der Waals surface area contributed by atoms with E-state index < -0.39 is 17.7 Å². The van der Waals surface area contributed by atoms with Crippen LogP contribution in [-0.2, 0) is 14.3 Å². The molecule has 59 heavy (non-hydrogen) atoms. The summed E-state index contributed by atoms with van der Waals surface area (Å²) in [4.78, 5) is 21.6. The molecule has 20 heteroatoms. The molecule has 5 aromatic carbocycles. The van der Waals surface area contributed by atoms with Gasteiger partial charge in [-0.25, -0.2) is 9.18 Å². The number of hydrogen-bond donors (Lipinski definition) is 5. The average Bonchev–Trinajstić information content (AvgIpc) is 3.17. The second kappa shape index (κ2) is 25.0. The van der Waals surface area contributed by atoms with Gasteiger partial charge in [-0.2, -0.15) is 0 Å². The van der Waals surface area contributed by atoms with Crippen molar-refractivity contribution in [2.75, 3.05) is 64.1 Å². The quantitative estimate of drug-likeness (QED) is 0.0582. The lowest BCUT2D eigenvalue weighted by Crippen LogP contribution is -2.20. The van der Waals surface area contributed by atoms with Gasteiger partial charge in [-0.3, -0.25) is 4.79 Å². The number of amides is 1. The summed E-state index contributed by atoms with van der Waals surface area (Å²) < 4.78 is 47.9. The molecule has 0 saturated heterocycles. The molecule has 0 aliphatic heterocycles. The van der Waals surface area contributed by atoms with Crippen molar-refractivity contribution < 1.29 is 47.1 Å². The lowest BCUT2D eigenvalue weighted by atomic mass is 10.2. The molecule has 0 heterocycles. The highest BCUT2D eigenvalue weighted by Gasteiger charge is 2.13. The van der Waals surface area contributed by atoms with Gasteiger partial charge in [0.05, 0.1) is 64.4 Å². The third-order valence-corrected chi connectivity index (χ3v) is 8.22. The second-order valence-electron chi connectivity index (χ2n) is 11.1. The van der Waals surface area contributed by atoms with Crippen molar-refractivity contribution in [2.45, 2.75) is 6.92 Å². The summed E-state index contributed by atoms with van der Waals surface area (Å²) in [5, 5.41) is 1.61. The molecular formula is C39H41Cl5FN5O9. The molecule has 10 N–H and O–H groups in total. The Labute approximate surface area is 364 Å². The largest absolute Gasteiger partial charge is 0.494 e. The zero-order chi connectivity index (χ0) is 44.2. The number of nitrogens with two attached hydrogens (primary N) is 5. The van der Waals surface area contributed by atoms with Crippen molar-refractivity contribution in [3.63, 3.8) is 0 Å². The van der Waals surface area contributed by atoms with Gasteiger partial charge >= 0.3 is 5.97 Å². The lowest BCUT2D eigenvalue weighted by Gasteiger charge is -2.10. The first kappa shape index (κ1) is 49.6. The third-order valence-electron chi connectivity index (χ3n) is 6.80. The molecule has 0 unspecified atom stereocenters. The van der Waals surface area contributed by atoms with Gasteiger partial charge in [-0.05, 0) is 49.4 Å². The van der Waals surface area contributed by atoms with E-state index in [1.807, 2.05) is 30.3 Å². The first-order valence-corrected chi connectivity index (χ1v) is 18.5. The molecule has 1 amide bonds. The average molecular weight is 920 g/mol. The topological polar surface area (TPSA) is 229 Å². The van der Waals surface area contributed by atoms with Crippen molar-refractivity contribution in [3.05, 3.63) is 110 Å². The van der Waals surface area contributed by atoms with Crippen LogP contribution < -0.4 is 57.1 Å². The van der Waals surface area contributed by atoms with E-state index in [9.17, 15) is 14.0 Å². The van der Waals surface area contributed by atoms with Crippen molar-refractivity contribution in [1.29, 1.82) is 0 Å². The maximum absolute atomic E-state index is 12.9. The number of halogens is 6. The Bertz CT molecular complexity index is 2100. The number of methoxy groups -OCH3 is 3. The molecule has 0 atom stereocenters. The highest BCUT2D eigenvalue weighted by molar-refractivity contribution is 6.38. The molecule has 0 aliphatic rings. The summed E-state index contributed by atoms with van der Waals surface area (Å²) in [7, 11) is 4.31. The molecule has 318 valence electrons. The maximum Gasteiger partial charge on any atom is 0.344 e. The third kappa shape index (κ3) is 16.7. The van der Waals surface area contributed by atoms with Crippen LogP contribution >= 0.6 is 58.0 Å². The van der Waals surface area contributed by atoms with E-state index in [1.54, 1.807) is 19.1 Å². The molecule has 0 aliphatic carbocycles. The fraction of sp³-hybridized carbons (Fsp3) is 0.179. The van der Waals surface area contributed by atoms with Gasteiger partial charge < -0.3 is 61.8 Å². The van der Waals surface area contributed by atoms with E-state index in [2.05, 4.69) is 0 Å². The molecule has 0 aromatic heterocycles. The van der Waals surface area contributed by atoms with Gasteiger partial charge in [0.25, 0.3) is 5.91 Å². The Morgan fingerprint density at radius 2 is 1.07 bits per heavy atom. The Morgan fingerprint density at radius 3 is 1.54 bits per heavy atom. The number of para-hydroxylation sites is 1. The van der Waals surface area contributed by atoms with Gasteiger partial charge in [0.1, 0.15) is 23.0 Å². The van der Waals surface area contributed by atoms with Gasteiger partial charge in [-0.1, -0.05) is 76.2 Å². The molecule has 0 spiro atoms. The van der Waals surface area contributed by atoms with E-state index in [0.29, 0.717) is 67.5 Å². The fourth-order valence-corrected chi connectivity index (χ4v) is 5.63. The normalized spacial score (nSPS) is 9.86. The number of ether oxygens (including phenoxy) is 7.